The van der Waals surface area contributed by atoms with E-state index >= 15 is 0 Å². The van der Waals surface area contributed by atoms with Crippen molar-refractivity contribution >= 4 is 34.3 Å². The SMILES string of the molecule is C[C@H]([N-]Cc1ccccn1)C1CCCC1Pc1ccccc1.[CH-]=O.[CH-]=O.[CH-]=O.[Mn]. The second-order valence-corrected chi connectivity index (χ2v) is 7.72. The van der Waals surface area contributed by atoms with E-state index in [2.05, 4.69) is 68.7 Å². The Morgan fingerprint density at radius 3 is 2.21 bits per heavy atom. The predicted molar refractivity (Wildman–Crippen MR) is 117 cm³/mol. The molecule has 1 radical (unpaired) electrons. The number of aromatic nitrogens is 1. The van der Waals surface area contributed by atoms with Crippen molar-refractivity contribution in [2.75, 3.05) is 0 Å². The van der Waals surface area contributed by atoms with Crippen molar-refractivity contribution in [2.45, 2.75) is 44.4 Å². The third-order valence-electron chi connectivity index (χ3n) is 4.58. The standard InChI is InChI=1S/C19H24N2P.3CHO.Mn/c1-15(21-14-16-8-5-6-13-20-16)18-11-7-12-19(18)22-17-9-3-2-4-10-17;3*1-2;/h2-6,8-10,13,15,18-19,22H,7,11-12,14H2,1H3;3*1H;/q4*-1;/t15-,18?,19?;;;;/m0..../s1. The Bertz CT molecular complexity index is 617. The second-order valence-electron chi connectivity index (χ2n) is 6.11. The molecule has 4 atom stereocenters. The zero-order valence-corrected chi connectivity index (χ0v) is 18.7. The molecule has 1 aliphatic carbocycles. The van der Waals surface area contributed by atoms with Crippen LogP contribution < -0.4 is 5.30 Å². The molecule has 2 aromatic rings. The molecule has 1 saturated carbocycles. The number of hydrogen-bond donors (Lipinski definition) is 0. The van der Waals surface area contributed by atoms with Crippen molar-refractivity contribution in [3.63, 3.8) is 0 Å². The second kappa shape index (κ2) is 19.6. The minimum atomic E-state index is 0. The van der Waals surface area contributed by atoms with E-state index in [0.717, 1.165) is 32.4 Å². The maximum Gasteiger partial charge on any atom is 0.0270 e. The van der Waals surface area contributed by atoms with Crippen molar-refractivity contribution in [1.29, 1.82) is 0 Å². The number of benzene rings is 1. The van der Waals surface area contributed by atoms with Crippen molar-refractivity contribution < 1.29 is 31.5 Å². The zero-order chi connectivity index (χ0) is 21.2. The van der Waals surface area contributed by atoms with Crippen LogP contribution >= 0.6 is 8.58 Å². The average Bonchev–Trinajstić information content (AvgIpc) is 3.26. The van der Waals surface area contributed by atoms with Crippen molar-refractivity contribution in [3.8, 4) is 0 Å². The molecule has 0 aliphatic heterocycles. The minimum Gasteiger partial charge on any atom is -0.654 e. The quantitative estimate of drug-likeness (QED) is 0.289. The van der Waals surface area contributed by atoms with Crippen molar-refractivity contribution in [3.05, 3.63) is 65.7 Å². The van der Waals surface area contributed by atoms with Gasteiger partial charge in [0.15, 0.2) is 0 Å². The summed E-state index contributed by atoms with van der Waals surface area (Å²) in [6.45, 7) is 12.8. The molecule has 1 heterocycles. The van der Waals surface area contributed by atoms with Gasteiger partial charge in [-0.1, -0.05) is 70.7 Å². The number of carbonyl (C=O) groups excluding carboxylic acids is 3. The van der Waals surface area contributed by atoms with E-state index in [1.165, 1.54) is 24.6 Å². The van der Waals surface area contributed by atoms with Gasteiger partial charge < -0.3 is 19.7 Å². The van der Waals surface area contributed by atoms with Crippen LogP contribution in [0.4, 0.5) is 0 Å². The first kappa shape index (κ1) is 29.5. The molecule has 1 aromatic heterocycles. The Morgan fingerprint density at radius 1 is 1.00 bits per heavy atom. The van der Waals surface area contributed by atoms with Gasteiger partial charge in [-0.05, 0) is 29.5 Å². The van der Waals surface area contributed by atoms with Gasteiger partial charge in [0, 0.05) is 29.0 Å². The summed E-state index contributed by atoms with van der Waals surface area (Å²) in [4.78, 5) is 27.6. The van der Waals surface area contributed by atoms with Crippen LogP contribution in [0.1, 0.15) is 31.9 Å². The maximum absolute atomic E-state index is 7.75. The van der Waals surface area contributed by atoms with E-state index in [-0.39, 0.29) is 17.1 Å². The van der Waals surface area contributed by atoms with Gasteiger partial charge >= 0.3 is 0 Å². The van der Waals surface area contributed by atoms with E-state index in [4.69, 9.17) is 19.7 Å². The molecule has 5 nitrogen and oxygen atoms in total. The van der Waals surface area contributed by atoms with Crippen LogP contribution in [0, 0.1) is 5.92 Å². The Labute approximate surface area is 186 Å². The molecule has 0 N–H and O–H groups in total. The third kappa shape index (κ3) is 11.2. The molecule has 0 spiro atoms. The summed E-state index contributed by atoms with van der Waals surface area (Å²) in [5.41, 5.74) is 1.89. The van der Waals surface area contributed by atoms with Crippen LogP contribution in [0.5, 0.6) is 0 Å². The summed E-state index contributed by atoms with van der Waals surface area (Å²) in [6, 6.07) is 17.4. The van der Waals surface area contributed by atoms with Crippen molar-refractivity contribution in [2.24, 2.45) is 5.92 Å². The molecule has 159 valence electrons. The molecule has 3 unspecified atom stereocenters. The number of hydrogen-bond acceptors (Lipinski definition) is 4. The van der Waals surface area contributed by atoms with E-state index < -0.39 is 0 Å². The Kier molecular flexibility index (Phi) is 19.9. The van der Waals surface area contributed by atoms with Crippen molar-refractivity contribution in [1.82, 2.24) is 4.98 Å². The van der Waals surface area contributed by atoms with Crippen LogP contribution in [0.3, 0.4) is 0 Å². The van der Waals surface area contributed by atoms with Gasteiger partial charge in [0.2, 0.25) is 0 Å². The normalized spacial score (nSPS) is 18.0. The number of pyridine rings is 1. The zero-order valence-electron chi connectivity index (χ0n) is 16.5. The average molecular weight is 453 g/mol. The van der Waals surface area contributed by atoms with Gasteiger partial charge in [0.05, 0.1) is 0 Å². The van der Waals surface area contributed by atoms with E-state index in [1.807, 2.05) is 18.3 Å². The molecule has 1 aliphatic rings. The fourth-order valence-electron chi connectivity index (χ4n) is 3.36. The first-order valence-electron chi connectivity index (χ1n) is 8.92. The largest absolute Gasteiger partial charge is 0.654 e. The monoisotopic (exact) mass is 453 g/mol. The molecule has 3 rings (SSSR count). The van der Waals surface area contributed by atoms with Gasteiger partial charge in [-0.15, -0.1) is 12.6 Å². The molecule has 29 heavy (non-hydrogen) atoms. The molecular weight excluding hydrogens is 426 g/mol. The summed E-state index contributed by atoms with van der Waals surface area (Å²) < 4.78 is 0. The van der Waals surface area contributed by atoms with E-state index in [1.54, 1.807) is 0 Å². The first-order valence-corrected chi connectivity index (χ1v) is 9.99. The molecular formula is C22H27MnN2O3P-4. The molecule has 1 aromatic carbocycles. The summed E-state index contributed by atoms with van der Waals surface area (Å²) >= 11 is 0. The van der Waals surface area contributed by atoms with E-state index in [0.29, 0.717) is 6.04 Å². The van der Waals surface area contributed by atoms with Gasteiger partial charge in [0.1, 0.15) is 0 Å². The molecule has 0 saturated heterocycles. The van der Waals surface area contributed by atoms with Crippen LogP contribution in [0.15, 0.2) is 54.7 Å². The summed E-state index contributed by atoms with van der Waals surface area (Å²) in [5.74, 6) is 0.738. The fraction of sp³-hybridized carbons (Fsp3) is 0.364. The van der Waals surface area contributed by atoms with Crippen LogP contribution in [0.2, 0.25) is 0 Å². The van der Waals surface area contributed by atoms with E-state index in [9.17, 15) is 0 Å². The first-order chi connectivity index (χ1) is 13.8. The van der Waals surface area contributed by atoms with Gasteiger partial charge in [0.25, 0.3) is 0 Å². The smallest absolute Gasteiger partial charge is 0.0270 e. The van der Waals surface area contributed by atoms with Crippen LogP contribution in [0.25, 0.3) is 5.32 Å². The third-order valence-corrected chi connectivity index (χ3v) is 6.34. The summed E-state index contributed by atoms with van der Waals surface area (Å²) in [5, 5.41) is 6.41. The molecule has 7 heteroatoms. The Balaban J connectivity index is 0. The van der Waals surface area contributed by atoms with Gasteiger partial charge in [-0.25, -0.2) is 0 Å². The Hall–Kier alpha value is -1.71. The maximum atomic E-state index is 7.75. The number of nitrogens with zero attached hydrogens (tertiary/aromatic N) is 2. The minimum absolute atomic E-state index is 0. The van der Waals surface area contributed by atoms with Crippen LogP contribution in [-0.2, 0) is 38.0 Å². The Morgan fingerprint density at radius 2 is 1.62 bits per heavy atom. The van der Waals surface area contributed by atoms with Crippen LogP contribution in [-0.4, -0.2) is 37.1 Å². The molecule has 0 bridgehead atoms. The summed E-state index contributed by atoms with van der Waals surface area (Å²) in [6.07, 6.45) is 5.90. The number of rotatable bonds is 6. The predicted octanol–water partition coefficient (Wildman–Crippen LogP) is 3.69. The molecule has 1 fully saturated rings. The topological polar surface area (TPSA) is 78.2 Å². The summed E-state index contributed by atoms with van der Waals surface area (Å²) in [7, 11) is 0.927. The molecule has 0 amide bonds. The fourth-order valence-corrected chi connectivity index (χ4v) is 5.18. The van der Waals surface area contributed by atoms with Gasteiger partial charge in [-0.2, -0.15) is 0 Å². The van der Waals surface area contributed by atoms with Gasteiger partial charge in [-0.3, -0.25) is 25.4 Å².